The molecule has 1 aliphatic rings. The van der Waals surface area contributed by atoms with Gasteiger partial charge in [-0.3, -0.25) is 9.69 Å². The summed E-state index contributed by atoms with van der Waals surface area (Å²) in [4.78, 5) is 15.2. The van der Waals surface area contributed by atoms with Crippen LogP contribution < -0.4 is 0 Å². The van der Waals surface area contributed by atoms with Gasteiger partial charge in [-0.1, -0.05) is 86.8 Å². The Kier molecular flexibility index (Phi) is 9.10. The lowest BCUT2D eigenvalue weighted by Crippen LogP contribution is -2.50. The number of benzene rings is 2. The van der Waals surface area contributed by atoms with Crippen LogP contribution in [0.1, 0.15) is 69.9 Å². The summed E-state index contributed by atoms with van der Waals surface area (Å²) in [5, 5.41) is 0. The molecule has 1 saturated heterocycles. The van der Waals surface area contributed by atoms with Crippen molar-refractivity contribution in [1.82, 2.24) is 4.90 Å². The SMILES string of the molecule is CCCCC[C@H]1CC(=O)C[C@@H](C[C@H](C)OCc2ccccc2)N1Cc1ccccc1. The van der Waals surface area contributed by atoms with Gasteiger partial charge in [0.1, 0.15) is 5.78 Å². The molecule has 1 aliphatic heterocycles. The smallest absolute Gasteiger partial charge is 0.136 e. The van der Waals surface area contributed by atoms with Gasteiger partial charge in [-0.25, -0.2) is 0 Å². The van der Waals surface area contributed by atoms with Crippen LogP contribution in [-0.2, 0) is 22.7 Å². The Bertz CT molecular complexity index is 746. The Morgan fingerprint density at radius 3 is 2.23 bits per heavy atom. The summed E-state index contributed by atoms with van der Waals surface area (Å²) in [6.07, 6.45) is 7.14. The van der Waals surface area contributed by atoms with Crippen molar-refractivity contribution >= 4 is 5.78 Å². The van der Waals surface area contributed by atoms with E-state index < -0.39 is 0 Å². The number of hydrogen-bond acceptors (Lipinski definition) is 3. The largest absolute Gasteiger partial charge is 0.374 e. The zero-order chi connectivity index (χ0) is 21.2. The van der Waals surface area contributed by atoms with E-state index in [1.807, 2.05) is 18.2 Å². The number of Topliss-reactive ketones (excluding diaryl/α,β-unsaturated/α-hetero) is 1. The van der Waals surface area contributed by atoms with Gasteiger partial charge < -0.3 is 4.74 Å². The lowest BCUT2D eigenvalue weighted by Gasteiger charge is -2.42. The van der Waals surface area contributed by atoms with Crippen molar-refractivity contribution in [2.45, 2.75) is 90.1 Å². The van der Waals surface area contributed by atoms with E-state index in [0.29, 0.717) is 31.3 Å². The molecule has 0 unspecified atom stereocenters. The van der Waals surface area contributed by atoms with Crippen LogP contribution in [0.5, 0.6) is 0 Å². The van der Waals surface area contributed by atoms with Crippen molar-refractivity contribution in [3.05, 3.63) is 71.8 Å². The molecule has 30 heavy (non-hydrogen) atoms. The van der Waals surface area contributed by atoms with Crippen LogP contribution in [0.2, 0.25) is 0 Å². The highest BCUT2D eigenvalue weighted by Gasteiger charge is 2.35. The zero-order valence-corrected chi connectivity index (χ0v) is 18.6. The highest BCUT2D eigenvalue weighted by atomic mass is 16.5. The summed E-state index contributed by atoms with van der Waals surface area (Å²) < 4.78 is 6.16. The molecule has 3 atom stereocenters. The molecule has 1 fully saturated rings. The number of carbonyl (C=O) groups excluding carboxylic acids is 1. The molecule has 162 valence electrons. The fraction of sp³-hybridized carbons (Fsp3) is 0.519. The van der Waals surface area contributed by atoms with Crippen LogP contribution in [-0.4, -0.2) is 28.9 Å². The number of nitrogens with zero attached hydrogens (tertiary/aromatic N) is 1. The molecule has 0 spiro atoms. The first-order chi connectivity index (χ1) is 14.7. The first kappa shape index (κ1) is 22.7. The van der Waals surface area contributed by atoms with Crippen molar-refractivity contribution < 1.29 is 9.53 Å². The van der Waals surface area contributed by atoms with Gasteiger partial charge in [-0.2, -0.15) is 0 Å². The minimum absolute atomic E-state index is 0.121. The average molecular weight is 408 g/mol. The number of hydrogen-bond donors (Lipinski definition) is 0. The summed E-state index contributed by atoms with van der Waals surface area (Å²) in [6, 6.07) is 21.6. The molecule has 0 radical (unpaired) electrons. The highest BCUT2D eigenvalue weighted by Crippen LogP contribution is 2.29. The number of carbonyl (C=O) groups is 1. The van der Waals surface area contributed by atoms with E-state index in [0.717, 1.165) is 19.4 Å². The molecule has 3 rings (SSSR count). The molecule has 1 heterocycles. The minimum atomic E-state index is 0.121. The summed E-state index contributed by atoms with van der Waals surface area (Å²) in [5.74, 6) is 0.418. The maximum atomic E-state index is 12.6. The third-order valence-corrected chi connectivity index (χ3v) is 6.19. The fourth-order valence-electron chi connectivity index (χ4n) is 4.57. The lowest BCUT2D eigenvalue weighted by molar-refractivity contribution is -0.127. The molecular formula is C27H37NO2. The Morgan fingerprint density at radius 1 is 0.933 bits per heavy atom. The first-order valence-electron chi connectivity index (χ1n) is 11.6. The molecule has 0 aliphatic carbocycles. The molecule has 3 nitrogen and oxygen atoms in total. The van der Waals surface area contributed by atoms with E-state index >= 15 is 0 Å². The first-order valence-corrected chi connectivity index (χ1v) is 11.6. The quantitative estimate of drug-likeness (QED) is 0.418. The molecule has 2 aromatic carbocycles. The molecule has 2 aromatic rings. The van der Waals surface area contributed by atoms with Crippen LogP contribution in [0, 0.1) is 0 Å². The predicted molar refractivity (Wildman–Crippen MR) is 123 cm³/mol. The molecule has 0 N–H and O–H groups in total. The van der Waals surface area contributed by atoms with Gasteiger partial charge in [0, 0.05) is 31.5 Å². The molecule has 0 saturated carbocycles. The van der Waals surface area contributed by atoms with E-state index in [1.54, 1.807) is 0 Å². The Morgan fingerprint density at radius 2 is 1.57 bits per heavy atom. The lowest BCUT2D eigenvalue weighted by atomic mass is 9.88. The van der Waals surface area contributed by atoms with E-state index in [4.69, 9.17) is 4.74 Å². The molecule has 0 amide bonds. The van der Waals surface area contributed by atoms with Gasteiger partial charge in [0.2, 0.25) is 0 Å². The van der Waals surface area contributed by atoms with E-state index in [2.05, 4.69) is 61.2 Å². The third-order valence-electron chi connectivity index (χ3n) is 6.19. The monoisotopic (exact) mass is 407 g/mol. The van der Waals surface area contributed by atoms with Crippen molar-refractivity contribution in [2.75, 3.05) is 0 Å². The Balaban J connectivity index is 1.66. The Hall–Kier alpha value is -1.97. The maximum absolute atomic E-state index is 12.6. The minimum Gasteiger partial charge on any atom is -0.374 e. The van der Waals surface area contributed by atoms with Crippen LogP contribution in [0.25, 0.3) is 0 Å². The molecule has 0 aromatic heterocycles. The standard InChI is InChI=1S/C27H37NO2/c1-3-4-7-16-25-18-27(29)19-26(28(25)20-23-12-8-5-9-13-23)17-22(2)30-21-24-14-10-6-11-15-24/h5-6,8-15,22,25-26H,3-4,7,16-21H2,1-2H3/t22-,25-,26+/m0/s1. The average Bonchev–Trinajstić information content (AvgIpc) is 2.76. The third kappa shape index (κ3) is 7.07. The normalized spacial score (nSPS) is 20.9. The number of piperidine rings is 1. The van der Waals surface area contributed by atoms with Crippen molar-refractivity contribution in [3.8, 4) is 0 Å². The van der Waals surface area contributed by atoms with Crippen LogP contribution >= 0.6 is 0 Å². The summed E-state index contributed by atoms with van der Waals surface area (Å²) in [7, 11) is 0. The van der Waals surface area contributed by atoms with Crippen molar-refractivity contribution in [1.29, 1.82) is 0 Å². The van der Waals surface area contributed by atoms with Crippen LogP contribution in [0.4, 0.5) is 0 Å². The highest BCUT2D eigenvalue weighted by molar-refractivity contribution is 5.80. The van der Waals surface area contributed by atoms with Crippen LogP contribution in [0.15, 0.2) is 60.7 Å². The van der Waals surface area contributed by atoms with E-state index in [9.17, 15) is 4.79 Å². The second kappa shape index (κ2) is 12.0. The predicted octanol–water partition coefficient (Wildman–Crippen LogP) is 6.16. The number of rotatable bonds is 11. The summed E-state index contributed by atoms with van der Waals surface area (Å²) >= 11 is 0. The summed E-state index contributed by atoms with van der Waals surface area (Å²) in [6.45, 7) is 5.93. The molecular weight excluding hydrogens is 370 g/mol. The number of ether oxygens (including phenoxy) is 1. The van der Waals surface area contributed by atoms with Gasteiger partial charge in [-0.15, -0.1) is 0 Å². The van der Waals surface area contributed by atoms with Gasteiger partial charge in [0.05, 0.1) is 12.7 Å². The molecule has 3 heteroatoms. The number of ketones is 1. The van der Waals surface area contributed by atoms with Gasteiger partial charge >= 0.3 is 0 Å². The van der Waals surface area contributed by atoms with Crippen molar-refractivity contribution in [2.24, 2.45) is 0 Å². The van der Waals surface area contributed by atoms with Crippen molar-refractivity contribution in [3.63, 3.8) is 0 Å². The van der Waals surface area contributed by atoms with E-state index in [1.165, 1.54) is 30.4 Å². The van der Waals surface area contributed by atoms with Gasteiger partial charge in [-0.05, 0) is 30.9 Å². The van der Waals surface area contributed by atoms with Gasteiger partial charge in [0.25, 0.3) is 0 Å². The zero-order valence-electron chi connectivity index (χ0n) is 18.6. The molecule has 0 bridgehead atoms. The fourth-order valence-corrected chi connectivity index (χ4v) is 4.57. The second-order valence-electron chi connectivity index (χ2n) is 8.75. The maximum Gasteiger partial charge on any atom is 0.136 e. The second-order valence-corrected chi connectivity index (χ2v) is 8.75. The van der Waals surface area contributed by atoms with Gasteiger partial charge in [0.15, 0.2) is 0 Å². The topological polar surface area (TPSA) is 29.5 Å². The number of unbranched alkanes of at least 4 members (excludes halogenated alkanes) is 2. The Labute approximate surface area is 182 Å². The summed E-state index contributed by atoms with van der Waals surface area (Å²) in [5.41, 5.74) is 2.53. The van der Waals surface area contributed by atoms with Crippen LogP contribution in [0.3, 0.4) is 0 Å². The number of likely N-dealkylation sites (tertiary alicyclic amines) is 1. The van der Waals surface area contributed by atoms with E-state index in [-0.39, 0.29) is 12.1 Å².